The summed E-state index contributed by atoms with van der Waals surface area (Å²) in [6.45, 7) is 6.68. The van der Waals surface area contributed by atoms with E-state index in [-0.39, 0.29) is 0 Å². The minimum atomic E-state index is -1.78. The van der Waals surface area contributed by atoms with Crippen LogP contribution < -0.4 is 0 Å². The molecule has 2 aromatic rings. The lowest BCUT2D eigenvalue weighted by Crippen LogP contribution is -2.51. The Bertz CT molecular complexity index is 516. The minimum absolute atomic E-state index is 0.688. The fourth-order valence-corrected chi connectivity index (χ4v) is 4.17. The molecule has 100 valence electrons. The lowest BCUT2D eigenvalue weighted by Gasteiger charge is -2.39. The van der Waals surface area contributed by atoms with E-state index in [4.69, 9.17) is 0 Å². The molecule has 0 heterocycles. The summed E-state index contributed by atoms with van der Waals surface area (Å²) in [7, 11) is -1.78. The molecule has 0 saturated carbocycles. The van der Waals surface area contributed by atoms with Crippen LogP contribution in [0.3, 0.4) is 0 Å². The second-order valence-electron chi connectivity index (χ2n) is 6.14. The van der Waals surface area contributed by atoms with Gasteiger partial charge in [0.2, 0.25) is 0 Å². The van der Waals surface area contributed by atoms with Crippen LogP contribution in [0.25, 0.3) is 0 Å². The van der Waals surface area contributed by atoms with Gasteiger partial charge in [-0.3, -0.25) is 0 Å². The molecule has 0 amide bonds. The van der Waals surface area contributed by atoms with E-state index < -0.39 is 13.3 Å². The largest absolute Gasteiger partial charge is 0.388 e. The first-order valence-corrected chi connectivity index (χ1v) is 10.3. The Balaban J connectivity index is 2.42. The van der Waals surface area contributed by atoms with Crippen molar-refractivity contribution in [1.82, 2.24) is 0 Å². The van der Waals surface area contributed by atoms with Crippen LogP contribution in [0.15, 0.2) is 60.7 Å². The van der Waals surface area contributed by atoms with Crippen molar-refractivity contribution in [3.05, 3.63) is 71.8 Å². The monoisotopic (exact) mass is 270 g/mol. The molecule has 0 aromatic heterocycles. The van der Waals surface area contributed by atoms with E-state index >= 15 is 0 Å². The zero-order chi connectivity index (χ0) is 13.9. The Morgan fingerprint density at radius 1 is 0.842 bits per heavy atom. The van der Waals surface area contributed by atoms with Gasteiger partial charge < -0.3 is 5.11 Å². The van der Waals surface area contributed by atoms with Gasteiger partial charge in [-0.15, -0.1) is 0 Å². The summed E-state index contributed by atoms with van der Waals surface area (Å²) < 4.78 is 0. The van der Waals surface area contributed by atoms with Crippen molar-refractivity contribution in [1.29, 1.82) is 0 Å². The van der Waals surface area contributed by atoms with Crippen LogP contribution in [0.2, 0.25) is 19.6 Å². The van der Waals surface area contributed by atoms with Crippen LogP contribution in [0.5, 0.6) is 0 Å². The number of hydrogen-bond acceptors (Lipinski definition) is 1. The lowest BCUT2D eigenvalue weighted by atomic mass is 10.0. The molecule has 1 unspecified atom stereocenters. The van der Waals surface area contributed by atoms with Crippen molar-refractivity contribution < 1.29 is 5.11 Å². The van der Waals surface area contributed by atoms with Gasteiger partial charge in [-0.25, -0.2) is 0 Å². The molecule has 2 rings (SSSR count). The number of hydrogen-bond donors (Lipinski definition) is 1. The molecule has 0 fully saturated rings. The second-order valence-corrected chi connectivity index (χ2v) is 11.5. The Labute approximate surface area is 116 Å². The molecule has 0 bridgehead atoms. The summed E-state index contributed by atoms with van der Waals surface area (Å²) in [5.41, 5.74) is 2.23. The Morgan fingerprint density at radius 2 is 1.32 bits per heavy atom. The molecule has 0 aliphatic heterocycles. The molecule has 0 radical (unpaired) electrons. The smallest absolute Gasteiger partial charge is 0.0882 e. The number of aliphatic hydroxyl groups is 1. The van der Waals surface area contributed by atoms with Gasteiger partial charge in [-0.1, -0.05) is 80.3 Å². The Morgan fingerprint density at radius 3 is 1.79 bits per heavy atom. The highest BCUT2D eigenvalue weighted by Crippen LogP contribution is 2.35. The zero-order valence-corrected chi connectivity index (χ0v) is 12.9. The van der Waals surface area contributed by atoms with Crippen molar-refractivity contribution in [3.8, 4) is 0 Å². The quantitative estimate of drug-likeness (QED) is 0.833. The predicted octanol–water partition coefficient (Wildman–Crippen LogP) is 3.99. The molecule has 0 aliphatic carbocycles. The third-order valence-electron chi connectivity index (χ3n) is 3.79. The van der Waals surface area contributed by atoms with Crippen molar-refractivity contribution in [2.24, 2.45) is 0 Å². The third kappa shape index (κ3) is 2.96. The highest BCUT2D eigenvalue weighted by molar-refractivity contribution is 6.78. The molecule has 1 atom stereocenters. The molecule has 2 aromatic carbocycles. The second kappa shape index (κ2) is 5.31. The maximum Gasteiger partial charge on any atom is 0.0882 e. The highest BCUT2D eigenvalue weighted by atomic mass is 28.3. The van der Waals surface area contributed by atoms with E-state index in [1.807, 2.05) is 48.5 Å². The van der Waals surface area contributed by atoms with Crippen molar-refractivity contribution >= 4 is 8.07 Å². The maximum absolute atomic E-state index is 11.3. The minimum Gasteiger partial charge on any atom is -0.388 e. The summed E-state index contributed by atoms with van der Waals surface area (Å²) >= 11 is 0. The first kappa shape index (κ1) is 14.0. The van der Waals surface area contributed by atoms with Gasteiger partial charge in [0.05, 0.1) is 13.3 Å². The van der Waals surface area contributed by atoms with Crippen LogP contribution in [-0.2, 0) is 11.6 Å². The van der Waals surface area contributed by atoms with Gasteiger partial charge in [-0.2, -0.15) is 0 Å². The maximum atomic E-state index is 11.3. The van der Waals surface area contributed by atoms with Crippen molar-refractivity contribution in [3.63, 3.8) is 0 Å². The molecule has 2 heteroatoms. The fraction of sp³-hybridized carbons (Fsp3) is 0.294. The van der Waals surface area contributed by atoms with Crippen LogP contribution in [0, 0.1) is 0 Å². The van der Waals surface area contributed by atoms with E-state index in [1.54, 1.807) is 0 Å². The average Bonchev–Trinajstić information content (AvgIpc) is 2.39. The molecular weight excluding hydrogens is 248 g/mol. The Kier molecular flexibility index (Phi) is 3.93. The number of benzene rings is 2. The normalized spacial score (nSPS) is 14.9. The molecule has 1 nitrogen and oxygen atoms in total. The molecule has 19 heavy (non-hydrogen) atoms. The molecular formula is C17H22OSi. The summed E-state index contributed by atoms with van der Waals surface area (Å²) in [5.74, 6) is 0. The van der Waals surface area contributed by atoms with Gasteiger partial charge in [0.1, 0.15) is 0 Å². The molecule has 1 N–H and O–H groups in total. The standard InChI is InChI=1S/C17H22OSi/c1-19(2,3)17(18,16-12-8-5-9-13-16)14-15-10-6-4-7-11-15/h4-13,18H,14H2,1-3H3. The average molecular weight is 270 g/mol. The van der Waals surface area contributed by atoms with Gasteiger partial charge in [0.25, 0.3) is 0 Å². The predicted molar refractivity (Wildman–Crippen MR) is 83.8 cm³/mol. The van der Waals surface area contributed by atoms with Gasteiger partial charge in [0, 0.05) is 6.42 Å². The topological polar surface area (TPSA) is 20.2 Å². The van der Waals surface area contributed by atoms with E-state index in [9.17, 15) is 5.11 Å². The van der Waals surface area contributed by atoms with Gasteiger partial charge in [0.15, 0.2) is 0 Å². The summed E-state index contributed by atoms with van der Waals surface area (Å²) in [5, 5.41) is 10.6. The SMILES string of the molecule is C[Si](C)(C)C(O)(Cc1ccccc1)c1ccccc1. The van der Waals surface area contributed by atoms with Crippen LogP contribution in [0.4, 0.5) is 0 Å². The fourth-order valence-electron chi connectivity index (χ4n) is 2.41. The lowest BCUT2D eigenvalue weighted by molar-refractivity contribution is 0.115. The molecule has 0 aliphatic rings. The van der Waals surface area contributed by atoms with Crippen LogP contribution >= 0.6 is 0 Å². The zero-order valence-electron chi connectivity index (χ0n) is 11.9. The van der Waals surface area contributed by atoms with Crippen LogP contribution in [-0.4, -0.2) is 13.2 Å². The van der Waals surface area contributed by atoms with E-state index in [0.29, 0.717) is 6.42 Å². The van der Waals surface area contributed by atoms with Gasteiger partial charge >= 0.3 is 0 Å². The first-order chi connectivity index (χ1) is 8.93. The van der Waals surface area contributed by atoms with Crippen molar-refractivity contribution in [2.75, 3.05) is 0 Å². The molecule has 0 saturated heterocycles. The van der Waals surface area contributed by atoms with E-state index in [2.05, 4.69) is 31.8 Å². The molecule has 0 spiro atoms. The highest BCUT2D eigenvalue weighted by Gasteiger charge is 2.42. The summed E-state index contributed by atoms with van der Waals surface area (Å²) in [6.07, 6.45) is 0.688. The first-order valence-electron chi connectivity index (χ1n) is 6.75. The summed E-state index contributed by atoms with van der Waals surface area (Å²) in [4.78, 5) is 0. The van der Waals surface area contributed by atoms with Gasteiger partial charge in [-0.05, 0) is 11.1 Å². The third-order valence-corrected chi connectivity index (χ3v) is 6.74. The van der Waals surface area contributed by atoms with E-state index in [1.165, 1.54) is 5.56 Å². The van der Waals surface area contributed by atoms with E-state index in [0.717, 1.165) is 5.56 Å². The number of rotatable bonds is 4. The van der Waals surface area contributed by atoms with Crippen molar-refractivity contribution in [2.45, 2.75) is 31.3 Å². The summed E-state index contributed by atoms with van der Waals surface area (Å²) in [6, 6.07) is 20.4. The van der Waals surface area contributed by atoms with Crippen LogP contribution in [0.1, 0.15) is 11.1 Å². The Hall–Kier alpha value is -1.38.